The van der Waals surface area contributed by atoms with E-state index in [9.17, 15) is 8.42 Å². The van der Waals surface area contributed by atoms with Crippen LogP contribution in [0.1, 0.15) is 56.6 Å². The molecule has 10 heteroatoms. The molecule has 3 aliphatic rings. The number of nitrogens with one attached hydrogen (secondary N) is 1. The Kier molecular flexibility index (Phi) is 6.58. The van der Waals surface area contributed by atoms with Crippen molar-refractivity contribution < 1.29 is 8.42 Å². The van der Waals surface area contributed by atoms with Crippen LogP contribution in [0.4, 0.5) is 0 Å². The monoisotopic (exact) mass is 522 g/mol. The van der Waals surface area contributed by atoms with E-state index in [-0.39, 0.29) is 29.7 Å². The van der Waals surface area contributed by atoms with Crippen LogP contribution in [-0.4, -0.2) is 63.7 Å². The Labute approximate surface area is 184 Å². The standard InChI is InChI=1S/C18H30N6O2S.HI/c1-14-21-22-16(23(14)2)12-19-17(20-15-6-7-15)24-10-11-27(25,26)18(13-24)8-4-3-5-9-18;/h15H,3-13H2,1-2H3,(H,19,20);1H. The quantitative estimate of drug-likeness (QED) is 0.370. The molecule has 1 N–H and O–H groups in total. The van der Waals surface area contributed by atoms with Crippen LogP contribution in [0.3, 0.4) is 0 Å². The summed E-state index contributed by atoms with van der Waals surface area (Å²) in [7, 11) is -1.10. The predicted octanol–water partition coefficient (Wildman–Crippen LogP) is 1.78. The number of sulfone groups is 1. The van der Waals surface area contributed by atoms with Crippen molar-refractivity contribution in [1.29, 1.82) is 0 Å². The normalized spacial score (nSPS) is 24.1. The number of aromatic nitrogens is 3. The fourth-order valence-corrected chi connectivity index (χ4v) is 6.36. The molecule has 158 valence electrons. The van der Waals surface area contributed by atoms with Crippen LogP contribution in [0.5, 0.6) is 0 Å². The molecule has 2 aliphatic carbocycles. The summed E-state index contributed by atoms with van der Waals surface area (Å²) in [5, 5.41) is 11.8. The van der Waals surface area contributed by atoms with Crippen molar-refractivity contribution in [2.45, 2.75) is 69.2 Å². The maximum Gasteiger partial charge on any atom is 0.194 e. The number of halogens is 1. The second-order valence-corrected chi connectivity index (χ2v) is 10.8. The van der Waals surface area contributed by atoms with Crippen molar-refractivity contribution in [3.63, 3.8) is 0 Å². The summed E-state index contributed by atoms with van der Waals surface area (Å²) >= 11 is 0. The topological polar surface area (TPSA) is 92.5 Å². The molecule has 2 heterocycles. The second kappa shape index (κ2) is 8.45. The highest BCUT2D eigenvalue weighted by Crippen LogP contribution is 2.38. The highest BCUT2D eigenvalue weighted by atomic mass is 127. The summed E-state index contributed by atoms with van der Waals surface area (Å²) in [5.74, 6) is 2.74. The SMILES string of the molecule is Cc1nnc(CN=C(NC2CC2)N2CCS(=O)(=O)C3(CCCCC3)C2)n1C.I. The number of rotatable bonds is 3. The third kappa shape index (κ3) is 4.31. The van der Waals surface area contributed by atoms with E-state index in [4.69, 9.17) is 4.99 Å². The van der Waals surface area contributed by atoms with E-state index in [1.807, 2.05) is 18.5 Å². The van der Waals surface area contributed by atoms with Crippen molar-refractivity contribution in [3.8, 4) is 0 Å². The first-order valence-corrected chi connectivity index (χ1v) is 11.7. The van der Waals surface area contributed by atoms with E-state index < -0.39 is 14.6 Å². The first-order valence-electron chi connectivity index (χ1n) is 10.0. The lowest BCUT2D eigenvalue weighted by molar-refractivity contribution is 0.273. The molecule has 0 aromatic carbocycles. The van der Waals surface area contributed by atoms with Gasteiger partial charge < -0.3 is 14.8 Å². The Morgan fingerprint density at radius 3 is 2.57 bits per heavy atom. The molecule has 1 aromatic rings. The Balaban J connectivity index is 0.00000225. The van der Waals surface area contributed by atoms with E-state index >= 15 is 0 Å². The smallest absolute Gasteiger partial charge is 0.194 e. The van der Waals surface area contributed by atoms with Gasteiger partial charge in [-0.05, 0) is 32.6 Å². The van der Waals surface area contributed by atoms with Crippen LogP contribution in [0.15, 0.2) is 4.99 Å². The summed E-state index contributed by atoms with van der Waals surface area (Å²) in [4.78, 5) is 6.99. The van der Waals surface area contributed by atoms with Gasteiger partial charge in [0.2, 0.25) is 0 Å². The van der Waals surface area contributed by atoms with Gasteiger partial charge in [0, 0.05) is 26.2 Å². The van der Waals surface area contributed by atoms with Crippen molar-refractivity contribution in [2.24, 2.45) is 12.0 Å². The minimum absolute atomic E-state index is 0. The molecule has 28 heavy (non-hydrogen) atoms. The number of hydrogen-bond donors (Lipinski definition) is 1. The van der Waals surface area contributed by atoms with Gasteiger partial charge in [-0.25, -0.2) is 13.4 Å². The van der Waals surface area contributed by atoms with E-state index in [1.165, 1.54) is 0 Å². The zero-order chi connectivity index (χ0) is 19.1. The Morgan fingerprint density at radius 1 is 1.25 bits per heavy atom. The van der Waals surface area contributed by atoms with Gasteiger partial charge in [0.05, 0.1) is 10.5 Å². The molecule has 1 saturated heterocycles. The van der Waals surface area contributed by atoms with Gasteiger partial charge >= 0.3 is 0 Å². The Hall–Kier alpha value is -0.910. The van der Waals surface area contributed by atoms with Gasteiger partial charge in [0.15, 0.2) is 21.6 Å². The summed E-state index contributed by atoms with van der Waals surface area (Å²) < 4.78 is 27.1. The lowest BCUT2D eigenvalue weighted by Crippen LogP contribution is -2.60. The molecule has 1 spiro atoms. The summed E-state index contributed by atoms with van der Waals surface area (Å²) in [5.41, 5.74) is 0. The fourth-order valence-electron chi connectivity index (χ4n) is 4.20. The molecule has 1 aliphatic heterocycles. The molecule has 1 aromatic heterocycles. The first kappa shape index (κ1) is 21.8. The van der Waals surface area contributed by atoms with E-state index in [1.54, 1.807) is 0 Å². The second-order valence-electron chi connectivity index (χ2n) is 8.27. The minimum Gasteiger partial charge on any atom is -0.353 e. The molecule has 0 radical (unpaired) electrons. The molecular formula is C18H31IN6O2S. The number of aryl methyl sites for hydroxylation is 1. The van der Waals surface area contributed by atoms with Crippen molar-refractivity contribution in [1.82, 2.24) is 25.0 Å². The maximum absolute atomic E-state index is 12.9. The van der Waals surface area contributed by atoms with Gasteiger partial charge in [-0.2, -0.15) is 0 Å². The molecule has 0 unspecified atom stereocenters. The van der Waals surface area contributed by atoms with Crippen LogP contribution >= 0.6 is 24.0 Å². The van der Waals surface area contributed by atoms with Gasteiger partial charge in [-0.1, -0.05) is 19.3 Å². The molecule has 2 saturated carbocycles. The lowest BCUT2D eigenvalue weighted by atomic mass is 9.87. The fraction of sp³-hybridized carbons (Fsp3) is 0.833. The number of hydrogen-bond acceptors (Lipinski definition) is 5. The largest absolute Gasteiger partial charge is 0.353 e. The zero-order valence-electron chi connectivity index (χ0n) is 16.7. The molecular weight excluding hydrogens is 491 g/mol. The van der Waals surface area contributed by atoms with Crippen molar-refractivity contribution in [3.05, 3.63) is 11.6 Å². The minimum atomic E-state index is -3.05. The summed E-state index contributed by atoms with van der Waals surface area (Å²) in [6, 6.07) is 0.464. The average Bonchev–Trinajstić information content (AvgIpc) is 3.42. The maximum atomic E-state index is 12.9. The molecule has 0 atom stereocenters. The van der Waals surface area contributed by atoms with Crippen LogP contribution in [-0.2, 0) is 23.4 Å². The third-order valence-corrected chi connectivity index (χ3v) is 8.87. The average molecular weight is 522 g/mol. The Morgan fingerprint density at radius 2 is 1.96 bits per heavy atom. The van der Waals surface area contributed by atoms with Crippen LogP contribution in [0.2, 0.25) is 0 Å². The molecule has 8 nitrogen and oxygen atoms in total. The molecule has 0 amide bonds. The molecule has 4 rings (SSSR count). The van der Waals surface area contributed by atoms with Gasteiger partial charge in [0.25, 0.3) is 0 Å². The molecule has 0 bridgehead atoms. The summed E-state index contributed by atoms with van der Waals surface area (Å²) in [6.07, 6.45) is 7.03. The van der Waals surface area contributed by atoms with Crippen LogP contribution in [0, 0.1) is 6.92 Å². The van der Waals surface area contributed by atoms with Crippen molar-refractivity contribution >= 4 is 39.8 Å². The Bertz CT molecular complexity index is 827. The zero-order valence-corrected chi connectivity index (χ0v) is 19.9. The highest BCUT2D eigenvalue weighted by molar-refractivity contribution is 14.0. The molecule has 3 fully saturated rings. The van der Waals surface area contributed by atoms with Gasteiger partial charge in [-0.15, -0.1) is 34.2 Å². The predicted molar refractivity (Wildman–Crippen MR) is 120 cm³/mol. The highest BCUT2D eigenvalue weighted by Gasteiger charge is 2.49. The van der Waals surface area contributed by atoms with Crippen LogP contribution < -0.4 is 5.32 Å². The van der Waals surface area contributed by atoms with E-state index in [0.29, 0.717) is 25.7 Å². The van der Waals surface area contributed by atoms with Crippen LogP contribution in [0.25, 0.3) is 0 Å². The number of guanidine groups is 1. The number of aliphatic imine (C=N–C) groups is 1. The van der Waals surface area contributed by atoms with Crippen molar-refractivity contribution in [2.75, 3.05) is 18.8 Å². The van der Waals surface area contributed by atoms with Gasteiger partial charge in [-0.3, -0.25) is 0 Å². The summed E-state index contributed by atoms with van der Waals surface area (Å²) in [6.45, 7) is 3.45. The van der Waals surface area contributed by atoms with E-state index in [0.717, 1.165) is 62.6 Å². The van der Waals surface area contributed by atoms with E-state index in [2.05, 4.69) is 20.4 Å². The number of nitrogens with zero attached hydrogens (tertiary/aromatic N) is 5. The third-order valence-electron chi connectivity index (χ3n) is 6.30. The van der Waals surface area contributed by atoms with Gasteiger partial charge in [0.1, 0.15) is 12.4 Å². The lowest BCUT2D eigenvalue weighted by Gasteiger charge is -2.45. The first-order chi connectivity index (χ1) is 12.9.